The van der Waals surface area contributed by atoms with E-state index in [-0.39, 0.29) is 0 Å². The van der Waals surface area contributed by atoms with Crippen LogP contribution < -0.4 is 9.47 Å². The summed E-state index contributed by atoms with van der Waals surface area (Å²) < 4.78 is 10.1. The van der Waals surface area contributed by atoms with Crippen molar-refractivity contribution < 1.29 is 19.1 Å². The number of aryl methyl sites for hydroxylation is 1. The van der Waals surface area contributed by atoms with Gasteiger partial charge in [0, 0.05) is 6.92 Å². The van der Waals surface area contributed by atoms with E-state index >= 15 is 0 Å². The van der Waals surface area contributed by atoms with Gasteiger partial charge in [-0.05, 0) is 48.9 Å². The molecule has 108 valence electrons. The number of hydrogen-bond acceptors (Lipinski definition) is 4. The maximum atomic E-state index is 12.0. The lowest BCUT2D eigenvalue weighted by molar-refractivity contribution is -0.131. The second-order valence-corrected chi connectivity index (χ2v) is 4.85. The summed E-state index contributed by atoms with van der Waals surface area (Å²) >= 11 is 5.98. The number of halogens is 1. The van der Waals surface area contributed by atoms with Gasteiger partial charge < -0.3 is 9.47 Å². The third-order valence-electron chi connectivity index (χ3n) is 2.64. The molecule has 0 N–H and O–H groups in total. The number of hydrogen-bond donors (Lipinski definition) is 0. The van der Waals surface area contributed by atoms with E-state index in [9.17, 15) is 9.59 Å². The largest absolute Gasteiger partial charge is 0.427 e. The van der Waals surface area contributed by atoms with Gasteiger partial charge in [-0.3, -0.25) is 4.79 Å². The van der Waals surface area contributed by atoms with Crippen molar-refractivity contribution in [1.29, 1.82) is 0 Å². The number of carbonyl (C=O) groups excluding carboxylic acids is 2. The molecule has 2 aromatic rings. The minimum absolute atomic E-state index is 0.311. The first-order valence-corrected chi connectivity index (χ1v) is 6.60. The summed E-state index contributed by atoms with van der Waals surface area (Å²) in [6.45, 7) is 3.18. The van der Waals surface area contributed by atoms with Gasteiger partial charge in [0.05, 0.1) is 10.6 Å². The van der Waals surface area contributed by atoms with E-state index in [2.05, 4.69) is 0 Å². The Morgan fingerprint density at radius 2 is 1.67 bits per heavy atom. The SMILES string of the molecule is CC(=O)Oc1ccc(C(=O)Oc2cc(C)ccc2Cl)cc1. The summed E-state index contributed by atoms with van der Waals surface area (Å²) in [5, 5.41) is 0.366. The molecule has 21 heavy (non-hydrogen) atoms. The molecule has 0 atom stereocenters. The summed E-state index contributed by atoms with van der Waals surface area (Å²) in [7, 11) is 0. The van der Waals surface area contributed by atoms with Gasteiger partial charge >= 0.3 is 11.9 Å². The molecule has 0 unspecified atom stereocenters. The van der Waals surface area contributed by atoms with E-state index in [0.717, 1.165) is 5.56 Å². The van der Waals surface area contributed by atoms with Crippen LogP contribution in [0.4, 0.5) is 0 Å². The van der Waals surface area contributed by atoms with Gasteiger partial charge in [-0.15, -0.1) is 0 Å². The number of esters is 2. The normalized spacial score (nSPS) is 10.0. The molecule has 0 aliphatic rings. The summed E-state index contributed by atoms with van der Waals surface area (Å²) in [6.07, 6.45) is 0. The predicted octanol–water partition coefficient (Wildman–Crippen LogP) is 3.79. The van der Waals surface area contributed by atoms with Crippen LogP contribution in [0, 0.1) is 6.92 Å². The van der Waals surface area contributed by atoms with E-state index in [0.29, 0.717) is 22.1 Å². The highest BCUT2D eigenvalue weighted by Crippen LogP contribution is 2.26. The van der Waals surface area contributed by atoms with Crippen molar-refractivity contribution in [2.24, 2.45) is 0 Å². The molecule has 0 fully saturated rings. The first-order valence-electron chi connectivity index (χ1n) is 6.22. The zero-order valence-corrected chi connectivity index (χ0v) is 12.3. The van der Waals surface area contributed by atoms with Gasteiger partial charge in [0.2, 0.25) is 0 Å². The lowest BCUT2D eigenvalue weighted by Gasteiger charge is -2.07. The zero-order valence-electron chi connectivity index (χ0n) is 11.6. The van der Waals surface area contributed by atoms with Gasteiger partial charge in [-0.2, -0.15) is 0 Å². The molecule has 2 rings (SSSR count). The molecule has 5 heteroatoms. The molecule has 0 aliphatic carbocycles. The molecule has 0 saturated carbocycles. The quantitative estimate of drug-likeness (QED) is 0.639. The summed E-state index contributed by atoms with van der Waals surface area (Å²) in [5.41, 5.74) is 1.27. The third-order valence-corrected chi connectivity index (χ3v) is 2.95. The van der Waals surface area contributed by atoms with Crippen LogP contribution in [0.3, 0.4) is 0 Å². The van der Waals surface area contributed by atoms with Crippen molar-refractivity contribution in [2.45, 2.75) is 13.8 Å². The average molecular weight is 305 g/mol. The van der Waals surface area contributed by atoms with Gasteiger partial charge in [0.15, 0.2) is 0 Å². The van der Waals surface area contributed by atoms with Crippen LogP contribution in [-0.4, -0.2) is 11.9 Å². The molecule has 0 aliphatic heterocycles. The Morgan fingerprint density at radius 1 is 1.00 bits per heavy atom. The molecular formula is C16H13ClO4. The van der Waals surface area contributed by atoms with Crippen LogP contribution in [0.25, 0.3) is 0 Å². The van der Waals surface area contributed by atoms with E-state index in [1.165, 1.54) is 31.2 Å². The molecular weight excluding hydrogens is 292 g/mol. The zero-order chi connectivity index (χ0) is 15.4. The Hall–Kier alpha value is -2.33. The second kappa shape index (κ2) is 6.41. The van der Waals surface area contributed by atoms with Crippen LogP contribution in [0.5, 0.6) is 11.5 Å². The first-order chi connectivity index (χ1) is 9.95. The number of benzene rings is 2. The second-order valence-electron chi connectivity index (χ2n) is 4.44. The molecule has 0 spiro atoms. The Bertz CT molecular complexity index is 677. The minimum atomic E-state index is -0.531. The molecule has 0 bridgehead atoms. The highest BCUT2D eigenvalue weighted by Gasteiger charge is 2.11. The lowest BCUT2D eigenvalue weighted by Crippen LogP contribution is -2.09. The van der Waals surface area contributed by atoms with Crippen LogP contribution in [0.2, 0.25) is 5.02 Å². The minimum Gasteiger partial charge on any atom is -0.427 e. The molecule has 0 radical (unpaired) electrons. The van der Waals surface area contributed by atoms with Crippen molar-refractivity contribution in [1.82, 2.24) is 0 Å². The van der Waals surface area contributed by atoms with E-state index in [4.69, 9.17) is 21.1 Å². The molecule has 0 saturated heterocycles. The van der Waals surface area contributed by atoms with Crippen molar-refractivity contribution >= 4 is 23.5 Å². The highest BCUT2D eigenvalue weighted by atomic mass is 35.5. The van der Waals surface area contributed by atoms with Crippen molar-refractivity contribution in [3.8, 4) is 11.5 Å². The van der Waals surface area contributed by atoms with Crippen molar-refractivity contribution in [2.75, 3.05) is 0 Å². The molecule has 2 aromatic carbocycles. The van der Waals surface area contributed by atoms with Crippen molar-refractivity contribution in [3.63, 3.8) is 0 Å². The lowest BCUT2D eigenvalue weighted by atomic mass is 10.2. The summed E-state index contributed by atoms with van der Waals surface area (Å²) in [6, 6.07) is 11.3. The van der Waals surface area contributed by atoms with Crippen LogP contribution in [0.15, 0.2) is 42.5 Å². The first kappa shape index (κ1) is 15.1. The fourth-order valence-corrected chi connectivity index (χ4v) is 1.83. The van der Waals surface area contributed by atoms with E-state index in [1.807, 2.05) is 13.0 Å². The van der Waals surface area contributed by atoms with Crippen LogP contribution in [0.1, 0.15) is 22.8 Å². The maximum Gasteiger partial charge on any atom is 0.343 e. The Labute approximate surface area is 127 Å². The Kier molecular flexibility index (Phi) is 4.60. The van der Waals surface area contributed by atoms with Gasteiger partial charge in [0.25, 0.3) is 0 Å². The van der Waals surface area contributed by atoms with Crippen molar-refractivity contribution in [3.05, 3.63) is 58.6 Å². The standard InChI is InChI=1S/C16H13ClO4/c1-10-3-8-14(17)15(9-10)21-16(19)12-4-6-13(7-5-12)20-11(2)18/h3-9H,1-2H3. The maximum absolute atomic E-state index is 12.0. The Morgan fingerprint density at radius 3 is 2.29 bits per heavy atom. The Balaban J connectivity index is 2.13. The van der Waals surface area contributed by atoms with Crippen LogP contribution >= 0.6 is 11.6 Å². The summed E-state index contributed by atoms with van der Waals surface area (Å²) in [5.74, 6) is -0.271. The molecule has 0 heterocycles. The number of carbonyl (C=O) groups is 2. The molecule has 0 amide bonds. The number of ether oxygens (including phenoxy) is 2. The highest BCUT2D eigenvalue weighted by molar-refractivity contribution is 6.32. The summed E-state index contributed by atoms with van der Waals surface area (Å²) in [4.78, 5) is 22.8. The van der Waals surface area contributed by atoms with E-state index in [1.54, 1.807) is 12.1 Å². The number of rotatable bonds is 3. The third kappa shape index (κ3) is 4.07. The monoisotopic (exact) mass is 304 g/mol. The topological polar surface area (TPSA) is 52.6 Å². The average Bonchev–Trinajstić information content (AvgIpc) is 2.43. The van der Waals surface area contributed by atoms with Gasteiger partial charge in [-0.1, -0.05) is 17.7 Å². The van der Waals surface area contributed by atoms with E-state index < -0.39 is 11.9 Å². The van der Waals surface area contributed by atoms with Gasteiger partial charge in [-0.25, -0.2) is 4.79 Å². The molecule has 4 nitrogen and oxygen atoms in total. The smallest absolute Gasteiger partial charge is 0.343 e. The fraction of sp³-hybridized carbons (Fsp3) is 0.125. The molecule has 0 aromatic heterocycles. The van der Waals surface area contributed by atoms with Gasteiger partial charge in [0.1, 0.15) is 11.5 Å². The van der Waals surface area contributed by atoms with Crippen LogP contribution in [-0.2, 0) is 4.79 Å². The predicted molar refractivity (Wildman–Crippen MR) is 78.9 cm³/mol. The fourth-order valence-electron chi connectivity index (χ4n) is 1.67.